The number of nitrogens with zero attached hydrogens (tertiary/aromatic N) is 1. The van der Waals surface area contributed by atoms with Crippen LogP contribution in [0.3, 0.4) is 0 Å². The predicted molar refractivity (Wildman–Crippen MR) is 233 cm³/mol. The second-order valence-corrected chi connectivity index (χ2v) is 13.7. The van der Waals surface area contributed by atoms with Crippen LogP contribution in [0.4, 0.5) is 5.69 Å². The number of nitrogens with one attached hydrogen (secondary N) is 1. The molecule has 1 heterocycles. The van der Waals surface area contributed by atoms with Gasteiger partial charge >= 0.3 is 0 Å². The van der Waals surface area contributed by atoms with Gasteiger partial charge in [0.2, 0.25) is 0 Å². The van der Waals surface area contributed by atoms with Crippen molar-refractivity contribution in [1.29, 1.82) is 5.41 Å². The van der Waals surface area contributed by atoms with Crippen LogP contribution in [0, 0.1) is 12.3 Å². The topological polar surface area (TPSA) is 54.8 Å². The Labute approximate surface area is 316 Å². The molecule has 3 N–H and O–H groups in total. The van der Waals surface area contributed by atoms with Crippen molar-refractivity contribution in [3.05, 3.63) is 205 Å². The number of aryl methyl sites for hydroxylation is 1. The fourth-order valence-electron chi connectivity index (χ4n) is 7.90. The fourth-order valence-corrected chi connectivity index (χ4v) is 7.90. The van der Waals surface area contributed by atoms with Crippen LogP contribution in [-0.4, -0.2) is 11.3 Å². The lowest BCUT2D eigenvalue weighted by molar-refractivity contribution is 1.18. The van der Waals surface area contributed by atoms with Crippen molar-refractivity contribution in [3.8, 4) is 16.8 Å². The second kappa shape index (κ2) is 14.9. The van der Waals surface area contributed by atoms with Crippen molar-refractivity contribution in [3.63, 3.8) is 0 Å². The molecule has 10 rings (SSSR count). The Bertz CT molecular complexity index is 2810. The molecule has 54 heavy (non-hydrogen) atoms. The lowest BCUT2D eigenvalue weighted by Gasteiger charge is -2.12. The Morgan fingerprint density at radius 2 is 0.944 bits per heavy atom. The van der Waals surface area contributed by atoms with Gasteiger partial charge in [-0.15, -0.1) is 0 Å². The van der Waals surface area contributed by atoms with Crippen LogP contribution in [0.15, 0.2) is 188 Å². The lowest BCUT2D eigenvalue weighted by Crippen LogP contribution is -1.94. The zero-order valence-corrected chi connectivity index (χ0v) is 30.3. The largest absolute Gasteiger partial charge is 0.399 e. The minimum atomic E-state index is 0.798. The molecule has 0 aliphatic heterocycles. The Hall–Kier alpha value is -6.97. The first-order valence-corrected chi connectivity index (χ1v) is 18.3. The fraction of sp³-hybridized carbons (Fsp3) is 0.0392. The van der Waals surface area contributed by atoms with Crippen molar-refractivity contribution >= 4 is 66.5 Å². The van der Waals surface area contributed by atoms with Crippen LogP contribution < -0.4 is 5.73 Å². The normalized spacial score (nSPS) is 11.0. The molecular weight excluding hydrogens is 655 g/mol. The minimum absolute atomic E-state index is 0.798. The third kappa shape index (κ3) is 6.48. The van der Waals surface area contributed by atoms with Gasteiger partial charge in [-0.2, -0.15) is 0 Å². The molecule has 0 atom stereocenters. The monoisotopic (exact) mass is 695 g/mol. The molecule has 0 aliphatic carbocycles. The molecule has 0 spiro atoms. The van der Waals surface area contributed by atoms with Gasteiger partial charge in [-0.3, -0.25) is 0 Å². The number of nitrogen functional groups attached to an aromatic ring is 1. The summed E-state index contributed by atoms with van der Waals surface area (Å²) in [6.07, 6.45) is 0.970. The van der Waals surface area contributed by atoms with E-state index >= 15 is 0 Å². The SMILES string of the molecule is C=N.Cc1cc(N)cc(-c2cccc(-n3c4ccccc4c4ccccc43)c2)c1.c1ccc(Cc2ccc3c4ccccc4c4ccccc4c3c2)cc1. The average Bonchev–Trinajstić information content (AvgIpc) is 3.56. The van der Waals surface area contributed by atoms with Gasteiger partial charge in [0, 0.05) is 22.1 Å². The van der Waals surface area contributed by atoms with Gasteiger partial charge in [0.05, 0.1) is 11.0 Å². The quantitative estimate of drug-likeness (QED) is 0.107. The number of anilines is 1. The smallest absolute Gasteiger partial charge is 0.0541 e. The highest BCUT2D eigenvalue weighted by Crippen LogP contribution is 2.36. The number of aromatic nitrogens is 1. The summed E-state index contributed by atoms with van der Waals surface area (Å²) in [4.78, 5) is 0. The number of benzene rings is 9. The molecular formula is C51H41N3. The molecule has 0 unspecified atom stereocenters. The van der Waals surface area contributed by atoms with E-state index in [9.17, 15) is 0 Å². The van der Waals surface area contributed by atoms with Gasteiger partial charge in [-0.05, 0) is 117 Å². The summed E-state index contributed by atoms with van der Waals surface area (Å²) >= 11 is 0. The van der Waals surface area contributed by atoms with Crippen LogP contribution in [0.5, 0.6) is 0 Å². The second-order valence-electron chi connectivity index (χ2n) is 13.7. The van der Waals surface area contributed by atoms with E-state index < -0.39 is 0 Å². The van der Waals surface area contributed by atoms with Gasteiger partial charge in [-0.25, -0.2) is 0 Å². The van der Waals surface area contributed by atoms with Crippen LogP contribution in [0.25, 0.3) is 70.9 Å². The van der Waals surface area contributed by atoms with Crippen molar-refractivity contribution in [1.82, 2.24) is 4.57 Å². The van der Waals surface area contributed by atoms with Gasteiger partial charge in [0.25, 0.3) is 0 Å². The van der Waals surface area contributed by atoms with E-state index in [1.165, 1.54) is 76.4 Å². The van der Waals surface area contributed by atoms with E-state index in [1.54, 1.807) is 0 Å². The molecule has 0 bridgehead atoms. The summed E-state index contributed by atoms with van der Waals surface area (Å²) < 4.78 is 2.34. The van der Waals surface area contributed by atoms with E-state index in [2.05, 4.69) is 194 Å². The van der Waals surface area contributed by atoms with Crippen molar-refractivity contribution in [2.45, 2.75) is 13.3 Å². The van der Waals surface area contributed by atoms with Gasteiger partial charge < -0.3 is 15.7 Å². The molecule has 0 fully saturated rings. The van der Waals surface area contributed by atoms with Crippen LogP contribution >= 0.6 is 0 Å². The Morgan fingerprint density at radius 1 is 0.426 bits per heavy atom. The zero-order valence-electron chi connectivity index (χ0n) is 30.3. The number of fused-ring (bicyclic) bond motifs is 9. The average molecular weight is 696 g/mol. The minimum Gasteiger partial charge on any atom is -0.399 e. The van der Waals surface area contributed by atoms with E-state index in [1.807, 2.05) is 12.1 Å². The van der Waals surface area contributed by atoms with E-state index in [-0.39, 0.29) is 0 Å². The number of hydrogen-bond acceptors (Lipinski definition) is 2. The van der Waals surface area contributed by atoms with Crippen molar-refractivity contribution in [2.24, 2.45) is 0 Å². The maximum absolute atomic E-state index is 6.07. The predicted octanol–water partition coefficient (Wildman–Crippen LogP) is 13.3. The number of rotatable bonds is 4. The van der Waals surface area contributed by atoms with Crippen LogP contribution in [-0.2, 0) is 6.42 Å². The summed E-state index contributed by atoms with van der Waals surface area (Å²) in [5.41, 5.74) is 16.7. The van der Waals surface area contributed by atoms with E-state index in [4.69, 9.17) is 11.1 Å². The zero-order chi connectivity index (χ0) is 37.0. The summed E-state index contributed by atoms with van der Waals surface area (Å²) in [5.74, 6) is 0. The first kappa shape index (κ1) is 34.1. The third-order valence-corrected chi connectivity index (χ3v) is 10.2. The highest BCUT2D eigenvalue weighted by Gasteiger charge is 2.12. The number of hydrogen-bond donors (Lipinski definition) is 2. The molecule has 0 amide bonds. The molecule has 0 saturated heterocycles. The molecule has 3 heteroatoms. The van der Waals surface area contributed by atoms with Crippen LogP contribution in [0.1, 0.15) is 16.7 Å². The number of para-hydroxylation sites is 2. The maximum atomic E-state index is 6.07. The molecule has 10 aromatic rings. The standard InChI is InChI=1S/C25H20N2.C25H18.CH3N/c1-17-13-19(15-20(26)14-17)18-7-6-8-21(16-18)27-24-11-4-2-9-22(24)23-10-3-5-12-25(23)27;1-2-8-18(9-3-1)16-19-14-15-24-22-12-5-4-10-20(22)21-11-6-7-13-23(21)25(24)17-19;1-2/h2-16H,26H2,1H3;1-15,17H,16H2;2H,1H2. The first-order valence-electron chi connectivity index (χ1n) is 18.3. The highest BCUT2D eigenvalue weighted by molar-refractivity contribution is 6.25. The summed E-state index contributed by atoms with van der Waals surface area (Å²) in [7, 11) is 0. The molecule has 9 aromatic carbocycles. The lowest BCUT2D eigenvalue weighted by atomic mass is 9.92. The van der Waals surface area contributed by atoms with Crippen molar-refractivity contribution < 1.29 is 0 Å². The molecule has 0 radical (unpaired) electrons. The van der Waals surface area contributed by atoms with Crippen molar-refractivity contribution in [2.75, 3.05) is 5.73 Å². The molecule has 0 aliphatic rings. The Balaban J connectivity index is 0.000000147. The molecule has 0 saturated carbocycles. The van der Waals surface area contributed by atoms with E-state index in [0.29, 0.717) is 0 Å². The van der Waals surface area contributed by atoms with Crippen LogP contribution in [0.2, 0.25) is 0 Å². The number of nitrogens with two attached hydrogens (primary N) is 1. The Kier molecular flexibility index (Phi) is 9.45. The Morgan fingerprint density at radius 3 is 1.54 bits per heavy atom. The van der Waals surface area contributed by atoms with Gasteiger partial charge in [0.1, 0.15) is 0 Å². The summed E-state index contributed by atoms with van der Waals surface area (Å²) in [6, 6.07) is 67.2. The molecule has 1 aromatic heterocycles. The molecule has 3 nitrogen and oxygen atoms in total. The van der Waals surface area contributed by atoms with E-state index in [0.717, 1.165) is 23.4 Å². The highest BCUT2D eigenvalue weighted by atomic mass is 15.0. The van der Waals surface area contributed by atoms with Gasteiger partial charge in [0.15, 0.2) is 0 Å². The third-order valence-electron chi connectivity index (χ3n) is 10.2. The summed E-state index contributed by atoms with van der Waals surface area (Å²) in [6.45, 7) is 4.58. The molecule has 260 valence electrons. The summed E-state index contributed by atoms with van der Waals surface area (Å²) in [5, 5.41) is 16.1. The first-order chi connectivity index (χ1) is 26.6. The maximum Gasteiger partial charge on any atom is 0.0541 e. The van der Waals surface area contributed by atoms with Gasteiger partial charge in [-0.1, -0.05) is 152 Å².